The fourth-order valence-corrected chi connectivity index (χ4v) is 2.31. The van der Waals surface area contributed by atoms with Gasteiger partial charge in [0.05, 0.1) is 24.0 Å². The molecule has 1 amide bonds. The third-order valence-corrected chi connectivity index (χ3v) is 3.42. The average Bonchev–Trinajstić information content (AvgIpc) is 3.03. The van der Waals surface area contributed by atoms with Crippen molar-refractivity contribution in [1.29, 1.82) is 0 Å². The molecule has 0 saturated heterocycles. The molecule has 0 saturated carbocycles. The number of rotatable bonds is 6. The molecule has 0 radical (unpaired) electrons. The van der Waals surface area contributed by atoms with Gasteiger partial charge in [-0.15, -0.1) is 0 Å². The summed E-state index contributed by atoms with van der Waals surface area (Å²) in [4.78, 5) is 23.7. The molecule has 3 rings (SSSR count). The van der Waals surface area contributed by atoms with Gasteiger partial charge in [0.1, 0.15) is 0 Å². The number of aromatic amines is 1. The van der Waals surface area contributed by atoms with E-state index in [0.717, 1.165) is 16.7 Å². The lowest BCUT2D eigenvalue weighted by molar-refractivity contribution is 0.0954. The first-order valence-electron chi connectivity index (χ1n) is 7.56. The van der Waals surface area contributed by atoms with Gasteiger partial charge in [-0.25, -0.2) is 9.97 Å². The zero-order valence-corrected chi connectivity index (χ0v) is 12.9. The van der Waals surface area contributed by atoms with Crippen LogP contribution in [0.5, 0.6) is 5.88 Å². The summed E-state index contributed by atoms with van der Waals surface area (Å²) in [5, 5.41) is 2.90. The first-order chi connectivity index (χ1) is 11.3. The topological polar surface area (TPSA) is 79.9 Å². The molecule has 0 fully saturated rings. The number of imidazole rings is 1. The molecule has 1 aromatic carbocycles. The molecule has 0 bridgehead atoms. The maximum atomic E-state index is 12.2. The smallest absolute Gasteiger partial charge is 0.251 e. The molecule has 0 atom stereocenters. The number of nitrogens with zero attached hydrogens (tertiary/aromatic N) is 2. The second kappa shape index (κ2) is 6.91. The molecule has 0 aliphatic carbocycles. The number of carbonyl (C=O) groups excluding carboxylic acids is 1. The number of aromatic nitrogens is 3. The van der Waals surface area contributed by atoms with E-state index >= 15 is 0 Å². The van der Waals surface area contributed by atoms with Crippen molar-refractivity contribution >= 4 is 16.9 Å². The molecule has 23 heavy (non-hydrogen) atoms. The van der Waals surface area contributed by atoms with Crippen LogP contribution in [0.25, 0.3) is 11.0 Å². The second-order valence-electron chi connectivity index (χ2n) is 5.04. The number of nitrogens with one attached hydrogen (secondary N) is 2. The highest BCUT2D eigenvalue weighted by atomic mass is 16.5. The molecule has 0 aliphatic heterocycles. The molecule has 6 nitrogen and oxygen atoms in total. The lowest BCUT2D eigenvalue weighted by atomic mass is 10.2. The quantitative estimate of drug-likeness (QED) is 0.732. The maximum absolute atomic E-state index is 12.2. The van der Waals surface area contributed by atoms with E-state index in [2.05, 4.69) is 20.3 Å². The number of amides is 1. The SMILES string of the molecule is CCOc1cccc(CCNC(=O)c2ccc3nc[nH]c3c2)n1. The fourth-order valence-electron chi connectivity index (χ4n) is 2.31. The summed E-state index contributed by atoms with van der Waals surface area (Å²) in [6, 6.07) is 11.0. The van der Waals surface area contributed by atoms with Gasteiger partial charge >= 0.3 is 0 Å². The number of hydrogen-bond donors (Lipinski definition) is 2. The molecule has 0 unspecified atom stereocenters. The van der Waals surface area contributed by atoms with Gasteiger partial charge in [0.15, 0.2) is 0 Å². The Morgan fingerprint density at radius 3 is 3.09 bits per heavy atom. The Labute approximate surface area is 133 Å². The lowest BCUT2D eigenvalue weighted by Gasteiger charge is -2.07. The normalized spacial score (nSPS) is 10.7. The highest BCUT2D eigenvalue weighted by Crippen LogP contribution is 2.11. The largest absolute Gasteiger partial charge is 0.478 e. The minimum absolute atomic E-state index is 0.109. The van der Waals surface area contributed by atoms with E-state index in [1.165, 1.54) is 0 Å². The third-order valence-electron chi connectivity index (χ3n) is 3.42. The Hall–Kier alpha value is -2.89. The molecular formula is C17H18N4O2. The number of H-pyrrole nitrogens is 1. The Balaban J connectivity index is 1.57. The number of carbonyl (C=O) groups is 1. The van der Waals surface area contributed by atoms with Crippen LogP contribution in [0.4, 0.5) is 0 Å². The van der Waals surface area contributed by atoms with Gasteiger partial charge in [0, 0.05) is 30.3 Å². The minimum atomic E-state index is -0.109. The molecule has 2 aromatic heterocycles. The molecular weight excluding hydrogens is 292 g/mol. The number of ether oxygens (including phenoxy) is 1. The van der Waals surface area contributed by atoms with E-state index in [4.69, 9.17) is 4.74 Å². The number of fused-ring (bicyclic) bond motifs is 1. The van der Waals surface area contributed by atoms with E-state index in [9.17, 15) is 4.79 Å². The monoisotopic (exact) mass is 310 g/mol. The Kier molecular flexibility index (Phi) is 4.52. The van der Waals surface area contributed by atoms with Crippen LogP contribution in [0.3, 0.4) is 0 Å². The standard InChI is InChI=1S/C17H18N4O2/c1-2-23-16-5-3-4-13(21-16)8-9-18-17(22)12-6-7-14-15(10-12)20-11-19-14/h3-7,10-11H,2,8-9H2,1H3,(H,18,22)(H,19,20). The Morgan fingerprint density at radius 2 is 2.22 bits per heavy atom. The van der Waals surface area contributed by atoms with Gasteiger partial charge < -0.3 is 15.0 Å². The van der Waals surface area contributed by atoms with Gasteiger partial charge in [-0.2, -0.15) is 0 Å². The summed E-state index contributed by atoms with van der Waals surface area (Å²) in [5.41, 5.74) is 3.19. The predicted octanol–water partition coefficient (Wildman–Crippen LogP) is 2.33. The predicted molar refractivity (Wildman–Crippen MR) is 87.5 cm³/mol. The molecule has 3 aromatic rings. The lowest BCUT2D eigenvalue weighted by Crippen LogP contribution is -2.25. The fraction of sp³-hybridized carbons (Fsp3) is 0.235. The zero-order valence-electron chi connectivity index (χ0n) is 12.9. The third kappa shape index (κ3) is 3.66. The van der Waals surface area contributed by atoms with Crippen molar-refractivity contribution < 1.29 is 9.53 Å². The molecule has 2 N–H and O–H groups in total. The van der Waals surface area contributed by atoms with Gasteiger partial charge in [-0.05, 0) is 31.2 Å². The van der Waals surface area contributed by atoms with E-state index in [1.54, 1.807) is 18.5 Å². The maximum Gasteiger partial charge on any atom is 0.251 e. The first kappa shape index (κ1) is 15.0. The van der Waals surface area contributed by atoms with Crippen LogP contribution in [0.2, 0.25) is 0 Å². The van der Waals surface area contributed by atoms with Crippen LogP contribution in [0.1, 0.15) is 23.0 Å². The zero-order chi connectivity index (χ0) is 16.1. The van der Waals surface area contributed by atoms with E-state index in [0.29, 0.717) is 31.0 Å². The molecule has 0 aliphatic rings. The van der Waals surface area contributed by atoms with Crippen LogP contribution in [-0.4, -0.2) is 34.0 Å². The van der Waals surface area contributed by atoms with Gasteiger partial charge in [-0.3, -0.25) is 4.79 Å². The number of hydrogen-bond acceptors (Lipinski definition) is 4. The molecule has 118 valence electrons. The summed E-state index contributed by atoms with van der Waals surface area (Å²) in [7, 11) is 0. The van der Waals surface area contributed by atoms with Crippen LogP contribution in [-0.2, 0) is 6.42 Å². The summed E-state index contributed by atoms with van der Waals surface area (Å²) >= 11 is 0. The van der Waals surface area contributed by atoms with Crippen LogP contribution in [0.15, 0.2) is 42.7 Å². The van der Waals surface area contributed by atoms with Crippen molar-refractivity contribution in [1.82, 2.24) is 20.3 Å². The Bertz CT molecular complexity index is 813. The average molecular weight is 310 g/mol. The van der Waals surface area contributed by atoms with Crippen LogP contribution >= 0.6 is 0 Å². The van der Waals surface area contributed by atoms with Gasteiger partial charge in [-0.1, -0.05) is 6.07 Å². The first-order valence-corrected chi connectivity index (χ1v) is 7.56. The Morgan fingerprint density at radius 1 is 1.30 bits per heavy atom. The highest BCUT2D eigenvalue weighted by Gasteiger charge is 2.07. The van der Waals surface area contributed by atoms with E-state index in [-0.39, 0.29) is 5.91 Å². The van der Waals surface area contributed by atoms with Crippen molar-refractivity contribution in [3.05, 3.63) is 54.0 Å². The molecule has 0 spiro atoms. The van der Waals surface area contributed by atoms with Crippen molar-refractivity contribution in [3.8, 4) is 5.88 Å². The molecule has 6 heteroatoms. The van der Waals surface area contributed by atoms with Gasteiger partial charge in [0.2, 0.25) is 5.88 Å². The molecule has 2 heterocycles. The van der Waals surface area contributed by atoms with Gasteiger partial charge in [0.25, 0.3) is 5.91 Å². The number of benzene rings is 1. The summed E-state index contributed by atoms with van der Waals surface area (Å²) < 4.78 is 5.37. The van der Waals surface area contributed by atoms with Crippen LogP contribution < -0.4 is 10.1 Å². The van der Waals surface area contributed by atoms with Crippen LogP contribution in [0, 0.1) is 0 Å². The summed E-state index contributed by atoms with van der Waals surface area (Å²) in [6.07, 6.45) is 2.27. The van der Waals surface area contributed by atoms with Crippen molar-refractivity contribution in [2.75, 3.05) is 13.2 Å². The van der Waals surface area contributed by atoms with Crippen molar-refractivity contribution in [2.45, 2.75) is 13.3 Å². The van der Waals surface area contributed by atoms with E-state index < -0.39 is 0 Å². The highest BCUT2D eigenvalue weighted by molar-refractivity contribution is 5.97. The summed E-state index contributed by atoms with van der Waals surface area (Å²) in [6.45, 7) is 3.02. The minimum Gasteiger partial charge on any atom is -0.478 e. The summed E-state index contributed by atoms with van der Waals surface area (Å²) in [5.74, 6) is 0.503. The van der Waals surface area contributed by atoms with E-state index in [1.807, 2.05) is 31.2 Å². The van der Waals surface area contributed by atoms with Crippen molar-refractivity contribution in [3.63, 3.8) is 0 Å². The second-order valence-corrected chi connectivity index (χ2v) is 5.04. The van der Waals surface area contributed by atoms with Crippen molar-refractivity contribution in [2.24, 2.45) is 0 Å². The number of pyridine rings is 1.